The summed E-state index contributed by atoms with van der Waals surface area (Å²) in [5, 5.41) is 0. The summed E-state index contributed by atoms with van der Waals surface area (Å²) in [4.78, 5) is 27.7. The van der Waals surface area contributed by atoms with Crippen molar-refractivity contribution in [2.45, 2.75) is 32.6 Å². The minimum Gasteiger partial charge on any atom is -0.463 e. The van der Waals surface area contributed by atoms with Crippen LogP contribution < -0.4 is 0 Å². The molecule has 2 N–H and O–H groups in total. The van der Waals surface area contributed by atoms with E-state index < -0.39 is 7.82 Å². The number of hydrogen-bond donors (Lipinski definition) is 2. The number of hydrogen-bond acceptors (Lipinski definition) is 4. The van der Waals surface area contributed by atoms with Gasteiger partial charge in [-0.25, -0.2) is 9.36 Å². The Morgan fingerprint density at radius 1 is 1.18 bits per heavy atom. The number of unbranched alkanes of at least 4 members (excludes halogenated alkanes) is 3. The largest absolute Gasteiger partial charge is 0.469 e. The second-order valence-corrected chi connectivity index (χ2v) is 4.64. The van der Waals surface area contributed by atoms with Crippen molar-refractivity contribution < 1.29 is 28.4 Å². The van der Waals surface area contributed by atoms with E-state index in [9.17, 15) is 9.36 Å². The minimum atomic E-state index is -4.32. The molecule has 0 atom stereocenters. The number of phosphoric acid groups is 1. The van der Waals surface area contributed by atoms with Gasteiger partial charge in [0, 0.05) is 6.08 Å². The Kier molecular flexibility index (Phi) is 8.99. The average molecular weight is 266 g/mol. The predicted molar refractivity (Wildman–Crippen MR) is 62.2 cm³/mol. The third-order valence-electron chi connectivity index (χ3n) is 1.85. The maximum absolute atomic E-state index is 10.9. The number of allylic oxidation sites excluding steroid dienone is 1. The molecule has 17 heavy (non-hydrogen) atoms. The molecule has 0 unspecified atom stereocenters. The highest BCUT2D eigenvalue weighted by Gasteiger charge is 2.12. The molecule has 0 radical (unpaired) electrons. The van der Waals surface area contributed by atoms with Crippen LogP contribution in [0.15, 0.2) is 12.2 Å². The molecule has 0 spiro atoms. The summed E-state index contributed by atoms with van der Waals surface area (Å²) in [6.07, 6.45) is 5.89. The fraction of sp³-hybridized carbons (Fsp3) is 0.700. The van der Waals surface area contributed by atoms with Crippen molar-refractivity contribution in [3.8, 4) is 0 Å². The van der Waals surface area contributed by atoms with Crippen molar-refractivity contribution in [1.29, 1.82) is 0 Å². The molecule has 0 bridgehead atoms. The number of ether oxygens (including phenoxy) is 1. The van der Waals surface area contributed by atoms with Gasteiger partial charge in [-0.2, -0.15) is 0 Å². The van der Waals surface area contributed by atoms with E-state index in [4.69, 9.17) is 14.5 Å². The quantitative estimate of drug-likeness (QED) is 0.286. The van der Waals surface area contributed by atoms with E-state index in [1.165, 1.54) is 6.08 Å². The number of carbonyl (C=O) groups is 1. The molecule has 7 heteroatoms. The summed E-state index contributed by atoms with van der Waals surface area (Å²) in [6, 6.07) is 0. The van der Waals surface area contributed by atoms with Gasteiger partial charge in [-0.3, -0.25) is 4.52 Å². The van der Waals surface area contributed by atoms with E-state index in [1.54, 1.807) is 13.0 Å². The SMILES string of the molecule is C/C=C/C(=O)OCCCCCCOP(=O)(O)O. The molecule has 0 fully saturated rings. The van der Waals surface area contributed by atoms with E-state index in [-0.39, 0.29) is 12.6 Å². The Balaban J connectivity index is 3.25. The summed E-state index contributed by atoms with van der Waals surface area (Å²) < 4.78 is 19.5. The lowest BCUT2D eigenvalue weighted by Gasteiger charge is -2.05. The Hall–Kier alpha value is -0.680. The molecule has 0 aliphatic rings. The molecular weight excluding hydrogens is 247 g/mol. The van der Waals surface area contributed by atoms with Crippen LogP contribution in [0.5, 0.6) is 0 Å². The van der Waals surface area contributed by atoms with Gasteiger partial charge in [0.25, 0.3) is 0 Å². The summed E-state index contributed by atoms with van der Waals surface area (Å²) in [6.45, 7) is 2.15. The smallest absolute Gasteiger partial charge is 0.463 e. The molecule has 0 amide bonds. The maximum atomic E-state index is 10.9. The third-order valence-corrected chi connectivity index (χ3v) is 2.36. The number of phosphoric ester groups is 1. The molecule has 0 saturated heterocycles. The number of esters is 1. The van der Waals surface area contributed by atoms with Crippen LogP contribution in [0.3, 0.4) is 0 Å². The van der Waals surface area contributed by atoms with Crippen LogP contribution in [0.1, 0.15) is 32.6 Å². The van der Waals surface area contributed by atoms with E-state index in [2.05, 4.69) is 4.52 Å². The van der Waals surface area contributed by atoms with Gasteiger partial charge in [0.05, 0.1) is 13.2 Å². The summed E-state index contributed by atoms with van der Waals surface area (Å²) >= 11 is 0. The topological polar surface area (TPSA) is 93.1 Å². The van der Waals surface area contributed by atoms with Crippen molar-refractivity contribution in [3.63, 3.8) is 0 Å². The Morgan fingerprint density at radius 3 is 2.29 bits per heavy atom. The van der Waals surface area contributed by atoms with Gasteiger partial charge in [-0.05, 0) is 26.2 Å². The Labute approximate surface area is 101 Å². The van der Waals surface area contributed by atoms with Gasteiger partial charge in [0.15, 0.2) is 0 Å². The highest BCUT2D eigenvalue weighted by Crippen LogP contribution is 2.35. The van der Waals surface area contributed by atoms with E-state index in [0.29, 0.717) is 13.0 Å². The van der Waals surface area contributed by atoms with Crippen molar-refractivity contribution >= 4 is 13.8 Å². The first-order valence-corrected chi connectivity index (χ1v) is 6.98. The standard InChI is InChI=1S/C10H19O6P/c1-2-7-10(11)15-8-5-3-4-6-9-16-17(12,13)14/h2,7H,3-6,8-9H2,1H3,(H2,12,13,14)/b7-2+. The van der Waals surface area contributed by atoms with Crippen molar-refractivity contribution in [2.75, 3.05) is 13.2 Å². The minimum absolute atomic E-state index is 0.0443. The fourth-order valence-electron chi connectivity index (χ4n) is 1.10. The highest BCUT2D eigenvalue weighted by molar-refractivity contribution is 7.46. The first kappa shape index (κ1) is 16.3. The first-order chi connectivity index (χ1) is 7.95. The Bertz CT molecular complexity index is 283. The number of rotatable bonds is 9. The zero-order valence-electron chi connectivity index (χ0n) is 9.87. The van der Waals surface area contributed by atoms with E-state index in [0.717, 1.165) is 19.3 Å². The van der Waals surface area contributed by atoms with Crippen molar-refractivity contribution in [3.05, 3.63) is 12.2 Å². The monoisotopic (exact) mass is 266 g/mol. The fourth-order valence-corrected chi connectivity index (χ4v) is 1.47. The van der Waals surface area contributed by atoms with Crippen LogP contribution in [0, 0.1) is 0 Å². The molecule has 0 heterocycles. The molecular formula is C10H19O6P. The van der Waals surface area contributed by atoms with Gasteiger partial charge < -0.3 is 14.5 Å². The van der Waals surface area contributed by atoms with Gasteiger partial charge in [-0.15, -0.1) is 0 Å². The predicted octanol–water partition coefficient (Wildman–Crippen LogP) is 1.78. The van der Waals surface area contributed by atoms with E-state index in [1.807, 2.05) is 0 Å². The lowest BCUT2D eigenvalue weighted by molar-refractivity contribution is -0.137. The zero-order valence-corrected chi connectivity index (χ0v) is 10.8. The highest BCUT2D eigenvalue weighted by atomic mass is 31.2. The molecule has 0 aromatic heterocycles. The normalized spacial score (nSPS) is 11.9. The number of carbonyl (C=O) groups excluding carboxylic acids is 1. The van der Waals surface area contributed by atoms with Crippen LogP contribution in [-0.2, 0) is 18.6 Å². The van der Waals surface area contributed by atoms with E-state index >= 15 is 0 Å². The molecule has 0 aromatic carbocycles. The average Bonchev–Trinajstić information content (AvgIpc) is 2.21. The second-order valence-electron chi connectivity index (χ2n) is 3.41. The molecule has 0 rings (SSSR count). The van der Waals surface area contributed by atoms with Crippen LogP contribution in [0.2, 0.25) is 0 Å². The molecule has 6 nitrogen and oxygen atoms in total. The Morgan fingerprint density at radius 2 is 1.76 bits per heavy atom. The molecule has 0 saturated carbocycles. The maximum Gasteiger partial charge on any atom is 0.469 e. The van der Waals surface area contributed by atoms with Crippen LogP contribution in [0.4, 0.5) is 0 Å². The van der Waals surface area contributed by atoms with Crippen molar-refractivity contribution in [2.24, 2.45) is 0 Å². The molecule has 0 aliphatic carbocycles. The van der Waals surface area contributed by atoms with Crippen LogP contribution in [0.25, 0.3) is 0 Å². The zero-order chi connectivity index (χ0) is 13.1. The van der Waals surface area contributed by atoms with Gasteiger partial charge in [0.1, 0.15) is 0 Å². The summed E-state index contributed by atoms with van der Waals surface area (Å²) in [5.41, 5.74) is 0. The molecule has 100 valence electrons. The molecule has 0 aliphatic heterocycles. The summed E-state index contributed by atoms with van der Waals surface area (Å²) in [5.74, 6) is -0.350. The third kappa shape index (κ3) is 13.3. The van der Waals surface area contributed by atoms with Crippen LogP contribution in [-0.4, -0.2) is 29.0 Å². The molecule has 0 aromatic rings. The lowest BCUT2D eigenvalue weighted by Crippen LogP contribution is -2.02. The second kappa shape index (κ2) is 9.36. The summed E-state index contributed by atoms with van der Waals surface area (Å²) in [7, 11) is -4.32. The van der Waals surface area contributed by atoms with Crippen molar-refractivity contribution in [1.82, 2.24) is 0 Å². The lowest BCUT2D eigenvalue weighted by atomic mass is 10.2. The first-order valence-electron chi connectivity index (χ1n) is 5.45. The van der Waals surface area contributed by atoms with Crippen LogP contribution >= 0.6 is 7.82 Å². The van der Waals surface area contributed by atoms with Gasteiger partial charge in [0.2, 0.25) is 0 Å². The van der Waals surface area contributed by atoms with Gasteiger partial charge >= 0.3 is 13.8 Å². The van der Waals surface area contributed by atoms with Gasteiger partial charge in [-0.1, -0.05) is 12.5 Å².